The highest BCUT2D eigenvalue weighted by molar-refractivity contribution is 5.95. The van der Waals surface area contributed by atoms with Crippen LogP contribution in [0.15, 0.2) is 84.9 Å². The summed E-state index contributed by atoms with van der Waals surface area (Å²) in [6.07, 6.45) is -1.20. The number of carbonyl (C=O) groups excluding carboxylic acids is 4. The third kappa shape index (κ3) is 5.90. The van der Waals surface area contributed by atoms with E-state index >= 15 is 0 Å². The maximum absolute atomic E-state index is 13.6. The first kappa shape index (κ1) is 28.2. The molecule has 3 unspecified atom stereocenters. The number of hydrogen-bond donors (Lipinski definition) is 1. The number of cyclic esters (lactones) is 1. The molecule has 2 heterocycles. The first-order valence-corrected chi connectivity index (χ1v) is 12.9. The number of amides is 2. The van der Waals surface area contributed by atoms with Crippen molar-refractivity contribution in [2.75, 3.05) is 6.61 Å². The number of ether oxygens (including phenoxy) is 3. The van der Waals surface area contributed by atoms with Gasteiger partial charge in [-0.1, -0.05) is 60.7 Å². The number of hydroxylamine groups is 2. The molecule has 2 amide bonds. The van der Waals surface area contributed by atoms with E-state index in [2.05, 4.69) is 5.32 Å². The van der Waals surface area contributed by atoms with Crippen molar-refractivity contribution in [3.05, 3.63) is 112 Å². The van der Waals surface area contributed by atoms with Crippen LogP contribution in [0.2, 0.25) is 0 Å². The van der Waals surface area contributed by atoms with Gasteiger partial charge < -0.3 is 19.5 Å². The summed E-state index contributed by atoms with van der Waals surface area (Å²) in [5, 5.41) is 14.0. The number of benzene rings is 3. The number of nitrogens with zero attached hydrogens (tertiary/aromatic N) is 2. The Hall–Kier alpha value is -5.30. The number of rotatable bonds is 9. The van der Waals surface area contributed by atoms with Gasteiger partial charge in [0, 0.05) is 18.6 Å². The molecule has 0 radical (unpaired) electrons. The van der Waals surface area contributed by atoms with Crippen LogP contribution in [0, 0.1) is 10.1 Å². The monoisotopic (exact) mass is 575 g/mol. The van der Waals surface area contributed by atoms with Gasteiger partial charge in [-0.05, 0) is 28.8 Å². The van der Waals surface area contributed by atoms with E-state index in [1.165, 1.54) is 24.3 Å². The Balaban J connectivity index is 1.32. The highest BCUT2D eigenvalue weighted by atomic mass is 16.8. The van der Waals surface area contributed by atoms with Crippen LogP contribution in [0.1, 0.15) is 29.0 Å². The van der Waals surface area contributed by atoms with E-state index in [0.29, 0.717) is 16.2 Å². The molecular weight excluding hydrogens is 550 g/mol. The van der Waals surface area contributed by atoms with Gasteiger partial charge in [-0.2, -0.15) is 5.06 Å². The standard InChI is InChI=1S/C29H25N3O10/c33-25-24(30-28(36)40-17-19-7-3-1-4-8-19)18-41-31(25)29(15-23(26(34)42-29)21-9-5-2-6-10-21)27(35)39-16-20-11-13-22(14-12-20)32(37)38/h1-14,23-24H,15-18H2,(H,30,36). The summed E-state index contributed by atoms with van der Waals surface area (Å²) in [6.45, 7) is -0.723. The number of nitro groups is 1. The number of nitro benzene ring substituents is 1. The summed E-state index contributed by atoms with van der Waals surface area (Å²) in [4.78, 5) is 68.3. The molecule has 0 saturated carbocycles. The molecule has 42 heavy (non-hydrogen) atoms. The van der Waals surface area contributed by atoms with Crippen molar-refractivity contribution < 1.29 is 43.1 Å². The average molecular weight is 576 g/mol. The molecule has 0 bridgehead atoms. The van der Waals surface area contributed by atoms with Crippen LogP contribution in [0.25, 0.3) is 0 Å². The Morgan fingerprint density at radius 3 is 2.21 bits per heavy atom. The quantitative estimate of drug-likeness (QED) is 0.173. The van der Waals surface area contributed by atoms with Crippen LogP contribution >= 0.6 is 0 Å². The summed E-state index contributed by atoms with van der Waals surface area (Å²) in [7, 11) is 0. The largest absolute Gasteiger partial charge is 0.456 e. The molecule has 0 spiro atoms. The number of alkyl carbamates (subject to hydrolysis) is 1. The van der Waals surface area contributed by atoms with E-state index in [0.717, 1.165) is 5.56 Å². The minimum absolute atomic E-state index is 0.0343. The summed E-state index contributed by atoms with van der Waals surface area (Å²) in [6, 6.07) is 21.6. The Bertz CT molecular complexity index is 1480. The molecule has 5 rings (SSSR count). The predicted octanol–water partition coefficient (Wildman–Crippen LogP) is 3.13. The van der Waals surface area contributed by atoms with Gasteiger partial charge in [-0.15, -0.1) is 0 Å². The normalized spacial score (nSPS) is 21.5. The first-order valence-electron chi connectivity index (χ1n) is 12.9. The van der Waals surface area contributed by atoms with Crippen molar-refractivity contribution in [3.8, 4) is 0 Å². The summed E-state index contributed by atoms with van der Waals surface area (Å²) in [5.74, 6) is -3.63. The number of hydrogen-bond acceptors (Lipinski definition) is 10. The van der Waals surface area contributed by atoms with Gasteiger partial charge in [-0.3, -0.25) is 24.5 Å². The second-order valence-electron chi connectivity index (χ2n) is 9.56. The molecule has 3 aromatic carbocycles. The third-order valence-corrected chi connectivity index (χ3v) is 6.77. The molecule has 2 fully saturated rings. The molecule has 3 aromatic rings. The molecule has 0 aromatic heterocycles. The molecule has 216 valence electrons. The minimum Gasteiger partial charge on any atom is -0.456 e. The lowest BCUT2D eigenvalue weighted by atomic mass is 9.93. The molecule has 0 aliphatic carbocycles. The topological polar surface area (TPSA) is 164 Å². The van der Waals surface area contributed by atoms with Crippen LogP contribution in [0.3, 0.4) is 0 Å². The second kappa shape index (κ2) is 12.1. The zero-order chi connectivity index (χ0) is 29.7. The summed E-state index contributed by atoms with van der Waals surface area (Å²) < 4.78 is 16.2. The first-order chi connectivity index (χ1) is 20.3. The van der Waals surface area contributed by atoms with Crippen molar-refractivity contribution in [1.82, 2.24) is 10.4 Å². The highest BCUT2D eigenvalue weighted by Crippen LogP contribution is 2.42. The molecular formula is C29H25N3O10. The molecule has 3 atom stereocenters. The predicted molar refractivity (Wildman–Crippen MR) is 142 cm³/mol. The van der Waals surface area contributed by atoms with Gasteiger partial charge in [0.05, 0.1) is 10.8 Å². The molecule has 2 saturated heterocycles. The lowest BCUT2D eigenvalue weighted by Crippen LogP contribution is -2.57. The highest BCUT2D eigenvalue weighted by Gasteiger charge is 2.63. The van der Waals surface area contributed by atoms with Gasteiger partial charge in [-0.25, -0.2) is 9.59 Å². The van der Waals surface area contributed by atoms with Gasteiger partial charge in [0.15, 0.2) is 0 Å². The van der Waals surface area contributed by atoms with E-state index in [-0.39, 0.29) is 31.9 Å². The van der Waals surface area contributed by atoms with Gasteiger partial charge in [0.2, 0.25) is 0 Å². The smallest absolute Gasteiger partial charge is 0.408 e. The number of esters is 2. The van der Waals surface area contributed by atoms with E-state index in [4.69, 9.17) is 19.0 Å². The fraction of sp³-hybridized carbons (Fsp3) is 0.241. The van der Waals surface area contributed by atoms with Crippen molar-refractivity contribution in [1.29, 1.82) is 0 Å². The molecule has 2 aliphatic heterocycles. The number of nitrogens with one attached hydrogen (secondary N) is 1. The Kier molecular flexibility index (Phi) is 8.11. The van der Waals surface area contributed by atoms with E-state index in [1.54, 1.807) is 54.6 Å². The van der Waals surface area contributed by atoms with Crippen LogP contribution in [0.4, 0.5) is 10.5 Å². The lowest BCUT2D eigenvalue weighted by Gasteiger charge is -2.32. The van der Waals surface area contributed by atoms with E-state index in [9.17, 15) is 29.3 Å². The van der Waals surface area contributed by atoms with Crippen molar-refractivity contribution >= 4 is 29.6 Å². The fourth-order valence-electron chi connectivity index (χ4n) is 4.60. The van der Waals surface area contributed by atoms with Crippen molar-refractivity contribution in [2.45, 2.75) is 37.3 Å². The second-order valence-corrected chi connectivity index (χ2v) is 9.56. The zero-order valence-corrected chi connectivity index (χ0v) is 22.0. The maximum Gasteiger partial charge on any atom is 0.408 e. The van der Waals surface area contributed by atoms with Gasteiger partial charge in [0.1, 0.15) is 25.9 Å². The Morgan fingerprint density at radius 2 is 1.55 bits per heavy atom. The van der Waals surface area contributed by atoms with E-state index < -0.39 is 46.5 Å². The molecule has 13 heteroatoms. The number of non-ortho nitro benzene ring substituents is 1. The maximum atomic E-state index is 13.6. The molecule has 2 aliphatic rings. The van der Waals surface area contributed by atoms with E-state index in [1.807, 2.05) is 6.07 Å². The van der Waals surface area contributed by atoms with Crippen molar-refractivity contribution in [2.24, 2.45) is 0 Å². The lowest BCUT2D eigenvalue weighted by molar-refractivity contribution is -0.384. The summed E-state index contributed by atoms with van der Waals surface area (Å²) in [5.41, 5.74) is -0.725. The minimum atomic E-state index is -2.29. The van der Waals surface area contributed by atoms with Gasteiger partial charge in [0.25, 0.3) is 11.6 Å². The third-order valence-electron chi connectivity index (χ3n) is 6.77. The SMILES string of the molecule is O=C(NC1CON(C2(C(=O)OCc3ccc([N+](=O)[O-])cc3)CC(c3ccccc3)C(=O)O2)C1=O)OCc1ccccc1. The Morgan fingerprint density at radius 1 is 0.929 bits per heavy atom. The van der Waals surface area contributed by atoms with Crippen LogP contribution in [0.5, 0.6) is 0 Å². The van der Waals surface area contributed by atoms with Crippen molar-refractivity contribution in [3.63, 3.8) is 0 Å². The molecule has 13 nitrogen and oxygen atoms in total. The summed E-state index contributed by atoms with van der Waals surface area (Å²) >= 11 is 0. The van der Waals surface area contributed by atoms with Crippen LogP contribution in [-0.2, 0) is 46.6 Å². The van der Waals surface area contributed by atoms with Crippen LogP contribution in [-0.4, -0.2) is 52.3 Å². The molecule has 1 N–H and O–H groups in total. The average Bonchev–Trinajstić information content (AvgIpc) is 3.55. The van der Waals surface area contributed by atoms with Crippen LogP contribution < -0.4 is 5.32 Å². The van der Waals surface area contributed by atoms with Gasteiger partial charge >= 0.3 is 23.8 Å². The fourth-order valence-corrected chi connectivity index (χ4v) is 4.60. The Labute approximate surface area is 239 Å². The zero-order valence-electron chi connectivity index (χ0n) is 22.0. The number of carbonyl (C=O) groups is 4.